The first kappa shape index (κ1) is 17.4. The standard InChI is InChI=1S/C19H19BrN4O/c1-2-14-3-5-15(6-4-14)7-10-19(25)23-17-11-16(20)8-9-18(17)24-13-21-12-22-24/h3-6,8-9,11-13H,2,7,10H2,1H3,(H,23,25). The molecule has 0 spiro atoms. The molecular formula is C19H19BrN4O. The number of hydrogen-bond acceptors (Lipinski definition) is 3. The summed E-state index contributed by atoms with van der Waals surface area (Å²) in [5.74, 6) is -0.0287. The number of anilines is 1. The third-order valence-electron chi connectivity index (χ3n) is 3.97. The van der Waals surface area contributed by atoms with E-state index in [9.17, 15) is 4.79 Å². The Morgan fingerprint density at radius 1 is 1.16 bits per heavy atom. The molecule has 1 aromatic heterocycles. The van der Waals surface area contributed by atoms with Crippen molar-refractivity contribution in [3.63, 3.8) is 0 Å². The van der Waals surface area contributed by atoms with E-state index in [4.69, 9.17) is 0 Å². The number of hydrogen-bond donors (Lipinski definition) is 1. The molecule has 0 aliphatic carbocycles. The van der Waals surface area contributed by atoms with Gasteiger partial charge in [0.05, 0.1) is 11.4 Å². The van der Waals surface area contributed by atoms with Gasteiger partial charge in [-0.25, -0.2) is 9.67 Å². The predicted octanol–water partition coefficient (Wildman–Crippen LogP) is 4.16. The van der Waals surface area contributed by atoms with E-state index in [1.54, 1.807) is 11.0 Å². The van der Waals surface area contributed by atoms with Crippen molar-refractivity contribution < 1.29 is 4.79 Å². The van der Waals surface area contributed by atoms with Crippen LogP contribution in [0.4, 0.5) is 5.69 Å². The maximum atomic E-state index is 12.4. The zero-order chi connectivity index (χ0) is 17.6. The topological polar surface area (TPSA) is 59.8 Å². The van der Waals surface area contributed by atoms with Crippen molar-refractivity contribution in [3.05, 3.63) is 70.7 Å². The van der Waals surface area contributed by atoms with Crippen LogP contribution in [0.15, 0.2) is 59.6 Å². The third-order valence-corrected chi connectivity index (χ3v) is 4.46. The molecule has 25 heavy (non-hydrogen) atoms. The molecule has 3 rings (SSSR count). The Bertz CT molecular complexity index is 844. The second-order valence-corrected chi connectivity index (χ2v) is 6.64. The Morgan fingerprint density at radius 2 is 1.92 bits per heavy atom. The summed E-state index contributed by atoms with van der Waals surface area (Å²) in [6.45, 7) is 2.13. The van der Waals surface area contributed by atoms with Crippen LogP contribution in [0.2, 0.25) is 0 Å². The Hall–Kier alpha value is -2.47. The summed E-state index contributed by atoms with van der Waals surface area (Å²) in [6, 6.07) is 14.1. The summed E-state index contributed by atoms with van der Waals surface area (Å²) < 4.78 is 2.52. The summed E-state index contributed by atoms with van der Waals surface area (Å²) in [6.07, 6.45) is 5.23. The number of nitrogens with zero attached hydrogens (tertiary/aromatic N) is 3. The van der Waals surface area contributed by atoms with Crippen LogP contribution in [0.1, 0.15) is 24.5 Å². The average molecular weight is 399 g/mol. The normalized spacial score (nSPS) is 10.6. The lowest BCUT2D eigenvalue weighted by molar-refractivity contribution is -0.116. The first-order valence-corrected chi connectivity index (χ1v) is 8.97. The molecule has 3 aromatic rings. The van der Waals surface area contributed by atoms with E-state index in [1.165, 1.54) is 11.9 Å². The summed E-state index contributed by atoms with van der Waals surface area (Å²) in [5, 5.41) is 7.11. The molecule has 0 bridgehead atoms. The summed E-state index contributed by atoms with van der Waals surface area (Å²) in [5.41, 5.74) is 3.95. The van der Waals surface area contributed by atoms with Gasteiger partial charge in [0.15, 0.2) is 0 Å². The molecule has 1 amide bonds. The number of aromatic nitrogens is 3. The smallest absolute Gasteiger partial charge is 0.224 e. The number of carbonyl (C=O) groups is 1. The molecule has 0 aliphatic rings. The lowest BCUT2D eigenvalue weighted by atomic mass is 10.1. The molecule has 0 saturated heterocycles. The highest BCUT2D eigenvalue weighted by atomic mass is 79.9. The SMILES string of the molecule is CCc1ccc(CCC(=O)Nc2cc(Br)ccc2-n2cncn2)cc1. The van der Waals surface area contributed by atoms with Crippen LogP contribution < -0.4 is 5.32 Å². The van der Waals surface area contributed by atoms with Crippen molar-refractivity contribution >= 4 is 27.5 Å². The number of nitrogens with one attached hydrogen (secondary N) is 1. The summed E-state index contributed by atoms with van der Waals surface area (Å²) in [7, 11) is 0. The number of aryl methyl sites for hydroxylation is 2. The van der Waals surface area contributed by atoms with Crippen molar-refractivity contribution in [2.24, 2.45) is 0 Å². The molecule has 6 heteroatoms. The van der Waals surface area contributed by atoms with Crippen LogP contribution in [0.5, 0.6) is 0 Å². The van der Waals surface area contributed by atoms with E-state index in [0.717, 1.165) is 22.1 Å². The maximum Gasteiger partial charge on any atom is 0.224 e. The van der Waals surface area contributed by atoms with Gasteiger partial charge in [0, 0.05) is 10.9 Å². The number of benzene rings is 2. The van der Waals surface area contributed by atoms with Gasteiger partial charge in [-0.2, -0.15) is 5.10 Å². The van der Waals surface area contributed by atoms with E-state index < -0.39 is 0 Å². The quantitative estimate of drug-likeness (QED) is 0.677. The van der Waals surface area contributed by atoms with E-state index >= 15 is 0 Å². The van der Waals surface area contributed by atoms with Gasteiger partial charge in [0.2, 0.25) is 5.91 Å². The van der Waals surface area contributed by atoms with Crippen LogP contribution in [0, 0.1) is 0 Å². The molecular weight excluding hydrogens is 380 g/mol. The second kappa shape index (κ2) is 8.07. The van der Waals surface area contributed by atoms with Crippen molar-refractivity contribution in [2.45, 2.75) is 26.2 Å². The zero-order valence-corrected chi connectivity index (χ0v) is 15.5. The number of carbonyl (C=O) groups excluding carboxylic acids is 1. The predicted molar refractivity (Wildman–Crippen MR) is 102 cm³/mol. The van der Waals surface area contributed by atoms with E-state index in [0.29, 0.717) is 18.5 Å². The monoisotopic (exact) mass is 398 g/mol. The molecule has 1 heterocycles. The minimum Gasteiger partial charge on any atom is -0.324 e. The molecule has 0 fully saturated rings. The first-order chi connectivity index (χ1) is 12.2. The highest BCUT2D eigenvalue weighted by Crippen LogP contribution is 2.24. The van der Waals surface area contributed by atoms with Gasteiger partial charge in [0.25, 0.3) is 0 Å². The fraction of sp³-hybridized carbons (Fsp3) is 0.211. The molecule has 0 radical (unpaired) electrons. The summed E-state index contributed by atoms with van der Waals surface area (Å²) >= 11 is 3.44. The lowest BCUT2D eigenvalue weighted by Gasteiger charge is -2.11. The van der Waals surface area contributed by atoms with Crippen LogP contribution >= 0.6 is 15.9 Å². The summed E-state index contributed by atoms with van der Waals surface area (Å²) in [4.78, 5) is 16.3. The molecule has 128 valence electrons. The van der Waals surface area contributed by atoms with Crippen molar-refractivity contribution in [1.29, 1.82) is 0 Å². The van der Waals surface area contributed by atoms with Crippen LogP contribution in [-0.4, -0.2) is 20.7 Å². The Kier molecular flexibility index (Phi) is 5.60. The number of rotatable bonds is 6. The van der Waals surface area contributed by atoms with Gasteiger partial charge in [-0.05, 0) is 42.2 Å². The largest absolute Gasteiger partial charge is 0.324 e. The van der Waals surface area contributed by atoms with E-state index in [-0.39, 0.29) is 5.91 Å². The minimum atomic E-state index is -0.0287. The number of amides is 1. The second-order valence-electron chi connectivity index (χ2n) is 5.72. The van der Waals surface area contributed by atoms with E-state index in [1.807, 2.05) is 18.2 Å². The van der Waals surface area contributed by atoms with Gasteiger partial charge in [0.1, 0.15) is 12.7 Å². The van der Waals surface area contributed by atoms with Crippen LogP contribution in [-0.2, 0) is 17.6 Å². The third kappa shape index (κ3) is 4.54. The van der Waals surface area contributed by atoms with Gasteiger partial charge < -0.3 is 5.32 Å². The minimum absolute atomic E-state index is 0.0287. The van der Waals surface area contributed by atoms with Gasteiger partial charge >= 0.3 is 0 Å². The van der Waals surface area contributed by atoms with Crippen molar-refractivity contribution in [3.8, 4) is 5.69 Å². The number of halogens is 1. The highest BCUT2D eigenvalue weighted by Gasteiger charge is 2.10. The Morgan fingerprint density at radius 3 is 2.60 bits per heavy atom. The van der Waals surface area contributed by atoms with E-state index in [2.05, 4.69) is 62.5 Å². The van der Waals surface area contributed by atoms with Gasteiger partial charge in [-0.3, -0.25) is 4.79 Å². The molecule has 1 N–H and O–H groups in total. The Balaban J connectivity index is 1.67. The zero-order valence-electron chi connectivity index (χ0n) is 13.9. The average Bonchev–Trinajstić information content (AvgIpc) is 3.15. The molecule has 0 aliphatic heterocycles. The molecule has 2 aromatic carbocycles. The molecule has 0 saturated carbocycles. The fourth-order valence-electron chi connectivity index (χ4n) is 2.55. The van der Waals surface area contributed by atoms with Crippen LogP contribution in [0.3, 0.4) is 0 Å². The molecule has 0 atom stereocenters. The highest BCUT2D eigenvalue weighted by molar-refractivity contribution is 9.10. The maximum absolute atomic E-state index is 12.4. The lowest BCUT2D eigenvalue weighted by Crippen LogP contribution is -2.14. The van der Waals surface area contributed by atoms with Gasteiger partial charge in [-0.1, -0.05) is 47.1 Å². The van der Waals surface area contributed by atoms with Crippen molar-refractivity contribution in [1.82, 2.24) is 14.8 Å². The first-order valence-electron chi connectivity index (χ1n) is 8.18. The van der Waals surface area contributed by atoms with Crippen molar-refractivity contribution in [2.75, 3.05) is 5.32 Å². The van der Waals surface area contributed by atoms with Crippen LogP contribution in [0.25, 0.3) is 5.69 Å². The Labute approximate surface area is 155 Å². The van der Waals surface area contributed by atoms with Gasteiger partial charge in [-0.15, -0.1) is 0 Å². The fourth-order valence-corrected chi connectivity index (χ4v) is 2.91. The molecule has 0 unspecified atom stereocenters. The molecule has 5 nitrogen and oxygen atoms in total.